The maximum absolute atomic E-state index is 12.3. The van der Waals surface area contributed by atoms with E-state index in [1.54, 1.807) is 0 Å². The Morgan fingerprint density at radius 2 is 2.17 bits per heavy atom. The van der Waals surface area contributed by atoms with Crippen LogP contribution in [0.5, 0.6) is 0 Å². The molecule has 0 saturated carbocycles. The Morgan fingerprint density at radius 3 is 3.00 bits per heavy atom. The predicted molar refractivity (Wildman–Crippen MR) is 95.0 cm³/mol. The van der Waals surface area contributed by atoms with E-state index in [4.69, 9.17) is 0 Å². The molecule has 3 rings (SSSR count). The monoisotopic (exact) mass is 329 g/mol. The first-order valence-electron chi connectivity index (χ1n) is 8.37. The Hall–Kier alpha value is -1.65. The lowest BCUT2D eigenvalue weighted by atomic mass is 10.0. The molecule has 1 aromatic heterocycles. The van der Waals surface area contributed by atoms with Gasteiger partial charge in [-0.1, -0.05) is 24.3 Å². The number of fused-ring (bicyclic) bond motifs is 1. The molecular weight excluding hydrogens is 304 g/mol. The molecule has 1 aliphatic rings. The van der Waals surface area contributed by atoms with Crippen molar-refractivity contribution in [2.45, 2.75) is 32.7 Å². The van der Waals surface area contributed by atoms with Crippen LogP contribution in [-0.4, -0.2) is 25.5 Å². The average molecular weight is 329 g/mol. The van der Waals surface area contributed by atoms with Gasteiger partial charge in [-0.3, -0.25) is 4.79 Å². The van der Waals surface area contributed by atoms with E-state index >= 15 is 0 Å². The maximum atomic E-state index is 12.3. The molecule has 0 radical (unpaired) electrons. The van der Waals surface area contributed by atoms with E-state index in [2.05, 4.69) is 54.9 Å². The van der Waals surface area contributed by atoms with Crippen LogP contribution < -0.4 is 10.2 Å². The van der Waals surface area contributed by atoms with Crippen LogP contribution in [0.25, 0.3) is 0 Å². The van der Waals surface area contributed by atoms with Crippen molar-refractivity contribution in [3.63, 3.8) is 0 Å². The van der Waals surface area contributed by atoms with E-state index in [0.717, 1.165) is 25.9 Å². The van der Waals surface area contributed by atoms with Crippen molar-refractivity contribution < 1.29 is 9.69 Å². The van der Waals surface area contributed by atoms with Crippen molar-refractivity contribution in [1.82, 2.24) is 5.32 Å². The molecule has 3 nitrogen and oxygen atoms in total. The quantitative estimate of drug-likeness (QED) is 0.863. The lowest BCUT2D eigenvalue weighted by Gasteiger charge is -2.29. The molecule has 1 aromatic carbocycles. The van der Waals surface area contributed by atoms with Gasteiger partial charge in [0.1, 0.15) is 6.04 Å². The third-order valence-electron chi connectivity index (χ3n) is 4.90. The van der Waals surface area contributed by atoms with Crippen molar-refractivity contribution in [3.05, 3.63) is 57.3 Å². The van der Waals surface area contributed by atoms with Gasteiger partial charge in [-0.2, -0.15) is 0 Å². The first-order chi connectivity index (χ1) is 11.1. The standard InChI is InChI=1S/C19H24N2OS/c1-14-5-3-4-6-16(14)7-10-20-19(22)13-21-11-8-18-17(15(21)2)9-12-23-18/h3-6,9,12,15H,7-8,10-11,13H2,1-2H3,(H,20,22)/p+1/t15-/m0/s1. The summed E-state index contributed by atoms with van der Waals surface area (Å²) in [7, 11) is 0. The van der Waals surface area contributed by atoms with Crippen LogP contribution in [0, 0.1) is 6.92 Å². The van der Waals surface area contributed by atoms with Crippen LogP contribution in [0.3, 0.4) is 0 Å². The molecule has 23 heavy (non-hydrogen) atoms. The summed E-state index contributed by atoms with van der Waals surface area (Å²) in [6.45, 7) is 6.70. The van der Waals surface area contributed by atoms with Crippen molar-refractivity contribution in [2.24, 2.45) is 0 Å². The topological polar surface area (TPSA) is 33.5 Å². The maximum Gasteiger partial charge on any atom is 0.275 e. The van der Waals surface area contributed by atoms with Gasteiger partial charge in [0.05, 0.1) is 6.54 Å². The first-order valence-corrected chi connectivity index (χ1v) is 9.25. The molecule has 0 aliphatic carbocycles. The molecule has 2 heterocycles. The number of quaternary nitrogens is 1. The van der Waals surface area contributed by atoms with Crippen LogP contribution in [0.15, 0.2) is 35.7 Å². The number of rotatable bonds is 5. The van der Waals surface area contributed by atoms with Crippen LogP contribution in [0.1, 0.15) is 34.5 Å². The molecule has 1 amide bonds. The van der Waals surface area contributed by atoms with Gasteiger partial charge in [0, 0.05) is 23.4 Å². The molecule has 1 aliphatic heterocycles. The number of carbonyl (C=O) groups is 1. The van der Waals surface area contributed by atoms with Crippen molar-refractivity contribution in [2.75, 3.05) is 19.6 Å². The Bertz CT molecular complexity index is 680. The highest BCUT2D eigenvalue weighted by Crippen LogP contribution is 2.24. The molecule has 1 unspecified atom stereocenters. The average Bonchev–Trinajstić information content (AvgIpc) is 3.01. The molecule has 0 spiro atoms. The Balaban J connectivity index is 1.48. The van der Waals surface area contributed by atoms with Gasteiger partial charge in [-0.15, -0.1) is 11.3 Å². The SMILES string of the molecule is Cc1ccccc1CCNC(=O)C[NH+]1CCc2sccc2[C@@H]1C. The third kappa shape index (κ3) is 3.82. The van der Waals surface area contributed by atoms with Crippen LogP contribution in [0.4, 0.5) is 0 Å². The fraction of sp³-hybridized carbons (Fsp3) is 0.421. The van der Waals surface area contributed by atoms with Crippen LogP contribution in [-0.2, 0) is 17.6 Å². The molecule has 0 fully saturated rings. The summed E-state index contributed by atoms with van der Waals surface area (Å²) in [6.07, 6.45) is 2.00. The highest BCUT2D eigenvalue weighted by Gasteiger charge is 2.29. The first kappa shape index (κ1) is 16.2. The normalized spacial score (nSPS) is 20.1. The van der Waals surface area contributed by atoms with E-state index in [9.17, 15) is 4.79 Å². The summed E-state index contributed by atoms with van der Waals surface area (Å²) in [5.74, 6) is 0.166. The minimum absolute atomic E-state index is 0.166. The molecule has 2 atom stereocenters. The number of amides is 1. The van der Waals surface area contributed by atoms with Gasteiger partial charge in [-0.05, 0) is 42.8 Å². The summed E-state index contributed by atoms with van der Waals surface area (Å²) >= 11 is 1.85. The highest BCUT2D eigenvalue weighted by atomic mass is 32.1. The number of carbonyl (C=O) groups excluding carboxylic acids is 1. The molecule has 2 N–H and O–H groups in total. The molecule has 2 aromatic rings. The van der Waals surface area contributed by atoms with Crippen molar-refractivity contribution >= 4 is 17.2 Å². The van der Waals surface area contributed by atoms with Gasteiger partial charge < -0.3 is 10.2 Å². The molecule has 4 heteroatoms. The van der Waals surface area contributed by atoms with E-state index in [1.807, 2.05) is 11.3 Å². The van der Waals surface area contributed by atoms with Gasteiger partial charge in [0.25, 0.3) is 5.91 Å². The van der Waals surface area contributed by atoms with E-state index in [1.165, 1.54) is 26.5 Å². The second-order valence-corrected chi connectivity index (χ2v) is 7.38. The lowest BCUT2D eigenvalue weighted by molar-refractivity contribution is -0.924. The zero-order valence-corrected chi connectivity index (χ0v) is 14.7. The highest BCUT2D eigenvalue weighted by molar-refractivity contribution is 7.10. The van der Waals surface area contributed by atoms with E-state index in [0.29, 0.717) is 12.6 Å². The van der Waals surface area contributed by atoms with Crippen molar-refractivity contribution in [3.8, 4) is 0 Å². The van der Waals surface area contributed by atoms with Gasteiger partial charge in [0.2, 0.25) is 0 Å². The predicted octanol–water partition coefficient (Wildman–Crippen LogP) is 1.92. The van der Waals surface area contributed by atoms with Crippen LogP contribution >= 0.6 is 11.3 Å². The largest absolute Gasteiger partial charge is 0.351 e. The molecule has 0 saturated heterocycles. The second-order valence-electron chi connectivity index (χ2n) is 6.38. The zero-order chi connectivity index (χ0) is 16.2. The fourth-order valence-corrected chi connectivity index (χ4v) is 4.37. The number of nitrogens with one attached hydrogen (secondary N) is 2. The number of thiophene rings is 1. The zero-order valence-electron chi connectivity index (χ0n) is 13.9. The minimum atomic E-state index is 0.166. The van der Waals surface area contributed by atoms with Crippen molar-refractivity contribution in [1.29, 1.82) is 0 Å². The lowest BCUT2D eigenvalue weighted by Crippen LogP contribution is -3.14. The van der Waals surface area contributed by atoms with Gasteiger partial charge in [-0.25, -0.2) is 0 Å². The van der Waals surface area contributed by atoms with E-state index < -0.39 is 0 Å². The summed E-state index contributed by atoms with van der Waals surface area (Å²) in [6, 6.07) is 11.0. The van der Waals surface area contributed by atoms with Gasteiger partial charge >= 0.3 is 0 Å². The fourth-order valence-electron chi connectivity index (χ4n) is 3.39. The second kappa shape index (κ2) is 7.28. The summed E-state index contributed by atoms with van der Waals surface area (Å²) in [5, 5.41) is 5.26. The smallest absolute Gasteiger partial charge is 0.275 e. The Kier molecular flexibility index (Phi) is 5.13. The van der Waals surface area contributed by atoms with Gasteiger partial charge in [0.15, 0.2) is 6.54 Å². The summed E-state index contributed by atoms with van der Waals surface area (Å²) < 4.78 is 0. The third-order valence-corrected chi connectivity index (χ3v) is 5.89. The molecule has 122 valence electrons. The summed E-state index contributed by atoms with van der Waals surface area (Å²) in [4.78, 5) is 15.1. The molecule has 0 bridgehead atoms. The number of hydrogen-bond acceptors (Lipinski definition) is 2. The Morgan fingerprint density at radius 1 is 1.35 bits per heavy atom. The number of benzene rings is 1. The van der Waals surface area contributed by atoms with E-state index in [-0.39, 0.29) is 5.91 Å². The van der Waals surface area contributed by atoms with Crippen LogP contribution in [0.2, 0.25) is 0 Å². The molecular formula is C19H25N2OS+. The number of hydrogen-bond donors (Lipinski definition) is 2. The minimum Gasteiger partial charge on any atom is -0.351 e. The summed E-state index contributed by atoms with van der Waals surface area (Å²) in [5.41, 5.74) is 4.04. The number of aryl methyl sites for hydroxylation is 1. The Labute approximate surface area is 142 Å².